The molecule has 1 aromatic heterocycles. The average Bonchev–Trinajstić information content (AvgIpc) is 3.36. The predicted molar refractivity (Wildman–Crippen MR) is 125 cm³/mol. The Labute approximate surface area is 182 Å². The number of thiazole rings is 1. The van der Waals surface area contributed by atoms with E-state index >= 15 is 0 Å². The lowest BCUT2D eigenvalue weighted by Gasteiger charge is -2.31. The molecule has 2 aliphatic rings. The highest BCUT2D eigenvalue weighted by molar-refractivity contribution is 7.13. The van der Waals surface area contributed by atoms with Gasteiger partial charge in [-0.1, -0.05) is 36.4 Å². The van der Waals surface area contributed by atoms with E-state index in [-0.39, 0.29) is 0 Å². The van der Waals surface area contributed by atoms with Crippen molar-refractivity contribution in [3.63, 3.8) is 0 Å². The van der Waals surface area contributed by atoms with E-state index in [2.05, 4.69) is 64.3 Å². The SMILES string of the molecule is CN1CCN(CCC=O)CC1.Nc1nc(-c2ccc3c(c2)Cc2ccccc2-3)cs1. The molecule has 0 bridgehead atoms. The van der Waals surface area contributed by atoms with Gasteiger partial charge in [-0.05, 0) is 41.8 Å². The number of nitrogen functional groups attached to an aromatic ring is 1. The molecule has 0 unspecified atom stereocenters. The number of carbonyl (C=O) groups is 1. The zero-order valence-electron chi connectivity index (χ0n) is 17.4. The van der Waals surface area contributed by atoms with Crippen LogP contribution in [-0.4, -0.2) is 60.8 Å². The van der Waals surface area contributed by atoms with Gasteiger partial charge in [0.25, 0.3) is 0 Å². The molecule has 1 aliphatic carbocycles. The van der Waals surface area contributed by atoms with Crippen molar-refractivity contribution < 1.29 is 4.79 Å². The Hall–Kier alpha value is -2.54. The summed E-state index contributed by atoms with van der Waals surface area (Å²) in [6.07, 6.45) is 2.70. The number of anilines is 1. The molecule has 6 heteroatoms. The minimum atomic E-state index is 0.624. The number of carbonyl (C=O) groups excluding carboxylic acids is 1. The smallest absolute Gasteiger partial charge is 0.180 e. The Balaban J connectivity index is 0.000000170. The fourth-order valence-electron chi connectivity index (χ4n) is 4.03. The standard InChI is InChI=1S/C16H12N2S.C8H16N2O/c17-16-18-15(9-19-16)11-5-6-14-12(8-11)7-10-3-1-2-4-13(10)14;1-9-4-6-10(7-5-9)3-2-8-11/h1-6,8-9H,7H2,(H2,17,18);8H,2-7H2,1H3. The number of fused-ring (bicyclic) bond motifs is 3. The Kier molecular flexibility index (Phi) is 6.57. The van der Waals surface area contributed by atoms with Gasteiger partial charge in [0.05, 0.1) is 5.69 Å². The van der Waals surface area contributed by atoms with Crippen LogP contribution in [0.1, 0.15) is 17.5 Å². The number of hydrogen-bond acceptors (Lipinski definition) is 6. The third kappa shape index (κ3) is 4.78. The summed E-state index contributed by atoms with van der Waals surface area (Å²) in [6.45, 7) is 5.45. The molecule has 1 saturated heterocycles. The van der Waals surface area contributed by atoms with Crippen LogP contribution in [0.3, 0.4) is 0 Å². The zero-order valence-corrected chi connectivity index (χ0v) is 18.2. The fourth-order valence-corrected chi connectivity index (χ4v) is 4.60. The fraction of sp³-hybridized carbons (Fsp3) is 0.333. The van der Waals surface area contributed by atoms with E-state index in [1.54, 1.807) is 0 Å². The predicted octanol–water partition coefficient (Wildman–Crippen LogP) is 3.79. The molecule has 0 saturated carbocycles. The normalized spacial score (nSPS) is 15.8. The summed E-state index contributed by atoms with van der Waals surface area (Å²) in [7, 11) is 2.14. The summed E-state index contributed by atoms with van der Waals surface area (Å²) in [5.41, 5.74) is 13.3. The molecule has 5 rings (SSSR count). The van der Waals surface area contributed by atoms with Crippen LogP contribution in [0.2, 0.25) is 0 Å². The first-order valence-corrected chi connectivity index (χ1v) is 11.3. The molecule has 30 heavy (non-hydrogen) atoms. The Bertz CT molecular complexity index is 1010. The van der Waals surface area contributed by atoms with Crippen LogP contribution in [0.25, 0.3) is 22.4 Å². The minimum Gasteiger partial charge on any atom is -0.375 e. The summed E-state index contributed by atoms with van der Waals surface area (Å²) in [6, 6.07) is 15.2. The largest absolute Gasteiger partial charge is 0.375 e. The molecule has 2 aromatic carbocycles. The topological polar surface area (TPSA) is 62.5 Å². The van der Waals surface area contributed by atoms with E-state index in [4.69, 9.17) is 5.73 Å². The quantitative estimate of drug-likeness (QED) is 0.509. The molecule has 0 atom stereocenters. The van der Waals surface area contributed by atoms with E-state index in [1.165, 1.54) is 33.6 Å². The maximum Gasteiger partial charge on any atom is 0.180 e. The number of piperazine rings is 1. The van der Waals surface area contributed by atoms with Gasteiger partial charge in [0.15, 0.2) is 5.13 Å². The first-order chi connectivity index (χ1) is 14.6. The van der Waals surface area contributed by atoms with Crippen LogP contribution < -0.4 is 5.73 Å². The number of benzene rings is 2. The Morgan fingerprint density at radius 3 is 2.57 bits per heavy atom. The molecular formula is C24H28N4OS. The summed E-state index contributed by atoms with van der Waals surface area (Å²) in [5.74, 6) is 0. The molecule has 5 nitrogen and oxygen atoms in total. The highest BCUT2D eigenvalue weighted by Gasteiger charge is 2.18. The second kappa shape index (κ2) is 9.51. The molecule has 3 aromatic rings. The van der Waals surface area contributed by atoms with Gasteiger partial charge in [0, 0.05) is 50.1 Å². The number of nitrogens with zero attached hydrogens (tertiary/aromatic N) is 3. The molecule has 0 amide bonds. The molecule has 2 heterocycles. The lowest BCUT2D eigenvalue weighted by Crippen LogP contribution is -2.44. The van der Waals surface area contributed by atoms with Gasteiger partial charge < -0.3 is 20.3 Å². The van der Waals surface area contributed by atoms with Crippen molar-refractivity contribution in [2.75, 3.05) is 45.5 Å². The van der Waals surface area contributed by atoms with E-state index < -0.39 is 0 Å². The first-order valence-electron chi connectivity index (χ1n) is 10.4. The van der Waals surface area contributed by atoms with Gasteiger partial charge in [0.1, 0.15) is 6.29 Å². The van der Waals surface area contributed by atoms with Crippen molar-refractivity contribution >= 4 is 22.8 Å². The Morgan fingerprint density at radius 2 is 1.83 bits per heavy atom. The van der Waals surface area contributed by atoms with Gasteiger partial charge >= 0.3 is 0 Å². The van der Waals surface area contributed by atoms with E-state index in [1.807, 2.05) is 5.38 Å². The molecule has 0 radical (unpaired) electrons. The summed E-state index contributed by atoms with van der Waals surface area (Å²) >= 11 is 1.49. The molecule has 1 aliphatic heterocycles. The van der Waals surface area contributed by atoms with Crippen LogP contribution in [0.4, 0.5) is 5.13 Å². The van der Waals surface area contributed by atoms with Crippen LogP contribution >= 0.6 is 11.3 Å². The van der Waals surface area contributed by atoms with Crippen molar-refractivity contribution in [1.82, 2.24) is 14.8 Å². The second-order valence-electron chi connectivity index (χ2n) is 7.88. The zero-order chi connectivity index (χ0) is 20.9. The van der Waals surface area contributed by atoms with Gasteiger partial charge in [0.2, 0.25) is 0 Å². The summed E-state index contributed by atoms with van der Waals surface area (Å²) < 4.78 is 0. The lowest BCUT2D eigenvalue weighted by molar-refractivity contribution is -0.108. The lowest BCUT2D eigenvalue weighted by atomic mass is 10.0. The maximum atomic E-state index is 10.1. The van der Waals surface area contributed by atoms with Crippen LogP contribution in [0.5, 0.6) is 0 Å². The average molecular weight is 421 g/mol. The number of hydrogen-bond donors (Lipinski definition) is 1. The van der Waals surface area contributed by atoms with Crippen LogP contribution in [0, 0.1) is 0 Å². The number of aldehydes is 1. The highest BCUT2D eigenvalue weighted by atomic mass is 32.1. The van der Waals surface area contributed by atoms with Crippen molar-refractivity contribution in [2.45, 2.75) is 12.8 Å². The molecule has 0 spiro atoms. The second-order valence-corrected chi connectivity index (χ2v) is 8.77. The van der Waals surface area contributed by atoms with E-state index in [0.717, 1.165) is 56.7 Å². The van der Waals surface area contributed by atoms with Crippen molar-refractivity contribution in [3.05, 3.63) is 59.0 Å². The number of nitrogens with two attached hydrogens (primary N) is 1. The minimum absolute atomic E-state index is 0.624. The number of rotatable bonds is 4. The molecule has 1 fully saturated rings. The molecular weight excluding hydrogens is 392 g/mol. The summed E-state index contributed by atoms with van der Waals surface area (Å²) in [4.78, 5) is 19.1. The van der Waals surface area contributed by atoms with Gasteiger partial charge in [-0.15, -0.1) is 11.3 Å². The van der Waals surface area contributed by atoms with Gasteiger partial charge in [-0.25, -0.2) is 4.98 Å². The number of aromatic nitrogens is 1. The molecule has 156 valence electrons. The summed E-state index contributed by atoms with van der Waals surface area (Å²) in [5, 5.41) is 2.64. The van der Waals surface area contributed by atoms with Crippen LogP contribution in [-0.2, 0) is 11.2 Å². The van der Waals surface area contributed by atoms with Gasteiger partial charge in [-0.3, -0.25) is 0 Å². The van der Waals surface area contributed by atoms with Crippen molar-refractivity contribution in [3.8, 4) is 22.4 Å². The molecule has 2 N–H and O–H groups in total. The van der Waals surface area contributed by atoms with Crippen LogP contribution in [0.15, 0.2) is 47.8 Å². The monoisotopic (exact) mass is 420 g/mol. The maximum absolute atomic E-state index is 10.1. The number of likely N-dealkylation sites (N-methyl/N-ethyl adjacent to an activating group) is 1. The third-order valence-electron chi connectivity index (χ3n) is 5.77. The van der Waals surface area contributed by atoms with Crippen molar-refractivity contribution in [1.29, 1.82) is 0 Å². The van der Waals surface area contributed by atoms with E-state index in [0.29, 0.717) is 11.6 Å². The van der Waals surface area contributed by atoms with Crippen molar-refractivity contribution in [2.24, 2.45) is 0 Å². The van der Waals surface area contributed by atoms with Gasteiger partial charge in [-0.2, -0.15) is 0 Å². The first kappa shape index (κ1) is 20.7. The van der Waals surface area contributed by atoms with E-state index in [9.17, 15) is 4.79 Å². The third-order valence-corrected chi connectivity index (χ3v) is 6.44. The highest BCUT2D eigenvalue weighted by Crippen LogP contribution is 2.38. The Morgan fingerprint density at radius 1 is 1.07 bits per heavy atom.